The van der Waals surface area contributed by atoms with Crippen LogP contribution in [0.15, 0.2) is 65.6 Å². The Morgan fingerprint density at radius 3 is 2.44 bits per heavy atom. The predicted octanol–water partition coefficient (Wildman–Crippen LogP) is 4.79. The number of ether oxygens (including phenoxy) is 2. The Morgan fingerprint density at radius 2 is 1.71 bits per heavy atom. The number of carbonyl (C=O) groups is 1. The smallest absolute Gasteiger partial charge is 0.260 e. The maximum atomic E-state index is 13.8. The highest BCUT2D eigenvalue weighted by molar-refractivity contribution is 7.89. The third kappa shape index (κ3) is 5.91. The maximum absolute atomic E-state index is 13.8. The summed E-state index contributed by atoms with van der Waals surface area (Å²) in [6.07, 6.45) is 1.43. The molecule has 0 fully saturated rings. The zero-order valence-corrected chi connectivity index (χ0v) is 25.2. The van der Waals surface area contributed by atoms with E-state index in [1.54, 1.807) is 17.0 Å². The average Bonchev–Trinajstić information content (AvgIpc) is 3.59. The van der Waals surface area contributed by atoms with Crippen molar-refractivity contribution in [3.63, 3.8) is 0 Å². The van der Waals surface area contributed by atoms with Gasteiger partial charge in [-0.05, 0) is 68.9 Å². The fourth-order valence-corrected chi connectivity index (χ4v) is 7.42. The van der Waals surface area contributed by atoms with Gasteiger partial charge in [-0.3, -0.25) is 9.69 Å². The van der Waals surface area contributed by atoms with Gasteiger partial charge in [0.1, 0.15) is 0 Å². The van der Waals surface area contributed by atoms with Gasteiger partial charge in [0, 0.05) is 37.3 Å². The van der Waals surface area contributed by atoms with Crippen LogP contribution < -0.4 is 14.4 Å². The number of hydrogen-bond donors (Lipinski definition) is 0. The lowest BCUT2D eigenvalue weighted by Crippen LogP contribution is -2.36. The van der Waals surface area contributed by atoms with E-state index in [9.17, 15) is 13.2 Å². The van der Waals surface area contributed by atoms with Crippen LogP contribution in [-0.2, 0) is 23.0 Å². The predicted molar refractivity (Wildman–Crippen MR) is 162 cm³/mol. The lowest BCUT2D eigenvalue weighted by atomic mass is 10.0. The molecule has 216 valence electrons. The number of halogens is 1. The van der Waals surface area contributed by atoms with E-state index in [1.807, 2.05) is 50.5 Å². The van der Waals surface area contributed by atoms with Gasteiger partial charge in [0.2, 0.25) is 16.8 Å². The first-order chi connectivity index (χ1) is 19.3. The number of rotatable bonds is 8. The Balaban J connectivity index is 0.00000337. The molecule has 0 aliphatic carbocycles. The Hall–Kier alpha value is -3.22. The monoisotopic (exact) mass is 614 g/mol. The zero-order chi connectivity index (χ0) is 27.9. The van der Waals surface area contributed by atoms with Gasteiger partial charge >= 0.3 is 0 Å². The van der Waals surface area contributed by atoms with Crippen LogP contribution in [0.3, 0.4) is 0 Å². The fourth-order valence-electron chi connectivity index (χ4n) is 5.00. The molecule has 0 saturated carbocycles. The first kappa shape index (κ1) is 29.3. The molecule has 0 unspecified atom stereocenters. The normalized spacial score (nSPS) is 14.6. The van der Waals surface area contributed by atoms with Crippen LogP contribution in [0.25, 0.3) is 10.2 Å². The number of fused-ring (bicyclic) bond motifs is 3. The van der Waals surface area contributed by atoms with E-state index >= 15 is 0 Å². The molecule has 6 rings (SSSR count). The minimum Gasteiger partial charge on any atom is -0.454 e. The molecule has 0 atom stereocenters. The topological polar surface area (TPSA) is 92.3 Å². The largest absolute Gasteiger partial charge is 0.454 e. The molecule has 2 aliphatic rings. The highest BCUT2D eigenvalue weighted by Crippen LogP contribution is 2.40. The molecular weight excluding hydrogens is 584 g/mol. The van der Waals surface area contributed by atoms with Crippen molar-refractivity contribution in [3.05, 3.63) is 77.4 Å². The molecule has 0 N–H and O–H groups in total. The number of hydrogen-bond acceptors (Lipinski definition) is 8. The van der Waals surface area contributed by atoms with Crippen molar-refractivity contribution in [1.82, 2.24) is 14.2 Å². The highest BCUT2D eigenvalue weighted by Gasteiger charge is 2.29. The lowest BCUT2D eigenvalue weighted by Gasteiger charge is -2.28. The summed E-state index contributed by atoms with van der Waals surface area (Å²) in [5, 5.41) is 0.575. The summed E-state index contributed by atoms with van der Waals surface area (Å²) in [6.45, 7) is 2.23. The summed E-state index contributed by atoms with van der Waals surface area (Å²) in [4.78, 5) is 22.4. The molecule has 41 heavy (non-hydrogen) atoms. The maximum Gasteiger partial charge on any atom is 0.260 e. The third-order valence-corrected chi connectivity index (χ3v) is 10.1. The van der Waals surface area contributed by atoms with E-state index in [-0.39, 0.29) is 30.0 Å². The van der Waals surface area contributed by atoms with Gasteiger partial charge in [0.15, 0.2) is 16.6 Å². The van der Waals surface area contributed by atoms with E-state index in [4.69, 9.17) is 14.5 Å². The summed E-state index contributed by atoms with van der Waals surface area (Å²) >= 11 is 1.42. The average molecular weight is 615 g/mol. The molecule has 0 spiro atoms. The number of amides is 1. The van der Waals surface area contributed by atoms with E-state index < -0.39 is 10.0 Å². The molecule has 3 aromatic carbocycles. The second-order valence-corrected chi connectivity index (χ2v) is 13.1. The number of anilines is 1. The molecule has 0 radical (unpaired) electrons. The number of carbonyl (C=O) groups excluding carboxylic acids is 1. The molecule has 9 nitrogen and oxygen atoms in total. The van der Waals surface area contributed by atoms with Crippen molar-refractivity contribution in [2.45, 2.75) is 24.3 Å². The van der Waals surface area contributed by atoms with Crippen molar-refractivity contribution in [3.8, 4) is 11.5 Å². The number of aromatic nitrogens is 1. The molecule has 1 aromatic heterocycles. The van der Waals surface area contributed by atoms with Crippen molar-refractivity contribution in [2.75, 3.05) is 45.4 Å². The zero-order valence-electron chi connectivity index (χ0n) is 22.8. The van der Waals surface area contributed by atoms with Gasteiger partial charge in [-0.2, -0.15) is 4.31 Å². The summed E-state index contributed by atoms with van der Waals surface area (Å²) in [5.74, 6) is 1.08. The minimum atomic E-state index is -3.70. The number of sulfonamides is 1. The fraction of sp³-hybridized carbons (Fsp3) is 0.310. The van der Waals surface area contributed by atoms with Gasteiger partial charge in [-0.15, -0.1) is 12.4 Å². The second kappa shape index (κ2) is 11.9. The minimum absolute atomic E-state index is 0. The second-order valence-electron chi connectivity index (χ2n) is 10.2. The molecule has 4 aromatic rings. The van der Waals surface area contributed by atoms with Crippen LogP contribution in [0, 0.1) is 0 Å². The highest BCUT2D eigenvalue weighted by atomic mass is 35.5. The Bertz CT molecular complexity index is 1630. The summed E-state index contributed by atoms with van der Waals surface area (Å²) in [5.41, 5.74) is 3.35. The van der Waals surface area contributed by atoms with Gasteiger partial charge in [-0.1, -0.05) is 35.6 Å². The van der Waals surface area contributed by atoms with Crippen LogP contribution in [-0.4, -0.2) is 69.0 Å². The summed E-state index contributed by atoms with van der Waals surface area (Å²) in [7, 11) is 0.286. The van der Waals surface area contributed by atoms with Crippen molar-refractivity contribution >= 4 is 55.0 Å². The van der Waals surface area contributed by atoms with Crippen molar-refractivity contribution < 1.29 is 22.7 Å². The van der Waals surface area contributed by atoms with E-state index in [1.165, 1.54) is 33.3 Å². The first-order valence-corrected chi connectivity index (χ1v) is 15.4. The van der Waals surface area contributed by atoms with Gasteiger partial charge in [0.25, 0.3) is 5.91 Å². The molecule has 3 heterocycles. The van der Waals surface area contributed by atoms with Gasteiger partial charge in [0.05, 0.1) is 15.1 Å². The van der Waals surface area contributed by atoms with E-state index in [0.717, 1.165) is 28.7 Å². The van der Waals surface area contributed by atoms with Crippen LogP contribution >= 0.6 is 23.7 Å². The van der Waals surface area contributed by atoms with E-state index in [2.05, 4.69) is 4.90 Å². The summed E-state index contributed by atoms with van der Waals surface area (Å²) in [6, 6.07) is 17.9. The third-order valence-electron chi connectivity index (χ3n) is 7.17. The van der Waals surface area contributed by atoms with Crippen LogP contribution in [0.1, 0.15) is 27.9 Å². The molecular formula is C29H31ClN4O5S2. The molecule has 1 amide bonds. The molecule has 12 heteroatoms. The SMILES string of the molecule is CN(C)CCCN(C(=O)c1ccc(S(=O)(=O)N2CCc3ccccc3C2)cc1)c1nc2cc3c(cc2s1)OCO3.Cl. The number of thiazole rings is 1. The Morgan fingerprint density at radius 1 is 1.00 bits per heavy atom. The van der Waals surface area contributed by atoms with Crippen LogP contribution in [0.2, 0.25) is 0 Å². The quantitative estimate of drug-likeness (QED) is 0.282. The molecule has 0 saturated heterocycles. The molecule has 2 aliphatic heterocycles. The Kier molecular flexibility index (Phi) is 8.53. The summed E-state index contributed by atoms with van der Waals surface area (Å²) < 4.78 is 40.2. The lowest BCUT2D eigenvalue weighted by molar-refractivity contribution is 0.0986. The number of nitrogens with zero attached hydrogens (tertiary/aromatic N) is 4. The van der Waals surface area contributed by atoms with Gasteiger partial charge < -0.3 is 14.4 Å². The molecule has 0 bridgehead atoms. The van der Waals surface area contributed by atoms with Gasteiger partial charge in [-0.25, -0.2) is 13.4 Å². The van der Waals surface area contributed by atoms with Crippen molar-refractivity contribution in [2.24, 2.45) is 0 Å². The van der Waals surface area contributed by atoms with Crippen molar-refractivity contribution in [1.29, 1.82) is 0 Å². The van der Waals surface area contributed by atoms with E-state index in [0.29, 0.717) is 48.2 Å². The van der Waals surface area contributed by atoms with Crippen LogP contribution in [0.4, 0.5) is 5.13 Å². The first-order valence-electron chi connectivity index (χ1n) is 13.1. The number of benzene rings is 3. The standard InChI is InChI=1S/C29H30N4O5S2.ClH/c1-31(2)13-5-14-33(29-30-24-16-25-26(38-19-37-25)17-27(24)39-29)28(34)21-8-10-23(11-9-21)40(35,36)32-15-12-20-6-3-4-7-22(20)18-32;/h3-4,6-11,16-17H,5,12-15,18-19H2,1-2H3;1H. The van der Waals surface area contributed by atoms with Crippen LogP contribution in [0.5, 0.6) is 11.5 Å². The Labute approximate surface area is 249 Å².